The molecule has 2 aromatic carbocycles. The van der Waals surface area contributed by atoms with Crippen molar-refractivity contribution in [2.75, 3.05) is 12.4 Å². The second kappa shape index (κ2) is 7.19. The average molecular weight is 356 g/mol. The quantitative estimate of drug-likeness (QED) is 0.698. The van der Waals surface area contributed by atoms with E-state index >= 15 is 0 Å². The summed E-state index contributed by atoms with van der Waals surface area (Å²) in [6.45, 7) is 0. The third kappa shape index (κ3) is 3.87. The molecule has 0 saturated heterocycles. The standard InChI is InChI=1S/C18H14ClN3O3/c1-25-18(24)11-5-7-14(8-6-11)20-17(23)16-10-15(21-22-16)12-3-2-4-13(19)9-12/h2-10H,1H3,(H,20,23)(H,21,22). The molecule has 3 rings (SSSR count). The Morgan fingerprint density at radius 3 is 2.56 bits per heavy atom. The summed E-state index contributed by atoms with van der Waals surface area (Å²) >= 11 is 5.97. The summed E-state index contributed by atoms with van der Waals surface area (Å²) in [5, 5.41) is 10.2. The van der Waals surface area contributed by atoms with Gasteiger partial charge in [0.2, 0.25) is 0 Å². The van der Waals surface area contributed by atoms with Crippen LogP contribution in [0.25, 0.3) is 11.3 Å². The molecule has 6 nitrogen and oxygen atoms in total. The molecule has 0 saturated carbocycles. The molecular weight excluding hydrogens is 342 g/mol. The third-order valence-electron chi connectivity index (χ3n) is 3.51. The van der Waals surface area contributed by atoms with E-state index in [0.717, 1.165) is 5.56 Å². The van der Waals surface area contributed by atoms with E-state index in [4.69, 9.17) is 11.6 Å². The van der Waals surface area contributed by atoms with Crippen LogP contribution in [0.4, 0.5) is 5.69 Å². The minimum atomic E-state index is -0.433. The van der Waals surface area contributed by atoms with Crippen molar-refractivity contribution in [3.05, 3.63) is 70.9 Å². The van der Waals surface area contributed by atoms with Gasteiger partial charge in [0.15, 0.2) is 0 Å². The molecule has 0 fully saturated rings. The Morgan fingerprint density at radius 1 is 1.12 bits per heavy atom. The molecule has 0 atom stereocenters. The van der Waals surface area contributed by atoms with Gasteiger partial charge in [-0.15, -0.1) is 0 Å². The maximum Gasteiger partial charge on any atom is 0.337 e. The Hall–Kier alpha value is -3.12. The van der Waals surface area contributed by atoms with Gasteiger partial charge in [-0.3, -0.25) is 9.89 Å². The molecule has 25 heavy (non-hydrogen) atoms. The van der Waals surface area contributed by atoms with Crippen LogP contribution in [0.15, 0.2) is 54.6 Å². The van der Waals surface area contributed by atoms with Gasteiger partial charge >= 0.3 is 5.97 Å². The number of benzene rings is 2. The number of carbonyl (C=O) groups excluding carboxylic acids is 2. The number of nitrogens with one attached hydrogen (secondary N) is 2. The Balaban J connectivity index is 1.73. The van der Waals surface area contributed by atoms with Gasteiger partial charge in [-0.25, -0.2) is 4.79 Å². The van der Waals surface area contributed by atoms with E-state index in [2.05, 4.69) is 20.3 Å². The van der Waals surface area contributed by atoms with E-state index in [0.29, 0.717) is 27.7 Å². The largest absolute Gasteiger partial charge is 0.465 e. The highest BCUT2D eigenvalue weighted by molar-refractivity contribution is 6.30. The summed E-state index contributed by atoms with van der Waals surface area (Å²) in [5.41, 5.74) is 2.70. The lowest BCUT2D eigenvalue weighted by molar-refractivity contribution is 0.0600. The summed E-state index contributed by atoms with van der Waals surface area (Å²) in [7, 11) is 1.31. The highest BCUT2D eigenvalue weighted by Crippen LogP contribution is 2.21. The van der Waals surface area contributed by atoms with Crippen LogP contribution in [-0.4, -0.2) is 29.2 Å². The van der Waals surface area contributed by atoms with Gasteiger partial charge < -0.3 is 10.1 Å². The first-order chi connectivity index (χ1) is 12.1. The highest BCUT2D eigenvalue weighted by atomic mass is 35.5. The number of aromatic nitrogens is 2. The molecule has 0 aliphatic heterocycles. The van der Waals surface area contributed by atoms with Crippen molar-refractivity contribution in [3.8, 4) is 11.3 Å². The van der Waals surface area contributed by atoms with E-state index < -0.39 is 5.97 Å². The van der Waals surface area contributed by atoms with Crippen molar-refractivity contribution in [2.45, 2.75) is 0 Å². The number of H-pyrrole nitrogens is 1. The van der Waals surface area contributed by atoms with E-state index in [1.807, 2.05) is 12.1 Å². The molecule has 1 aromatic heterocycles. The third-order valence-corrected chi connectivity index (χ3v) is 3.74. The number of anilines is 1. The van der Waals surface area contributed by atoms with E-state index in [1.165, 1.54) is 7.11 Å². The van der Waals surface area contributed by atoms with E-state index in [-0.39, 0.29) is 5.91 Å². The van der Waals surface area contributed by atoms with E-state index in [1.54, 1.807) is 42.5 Å². The fourth-order valence-electron chi connectivity index (χ4n) is 2.24. The number of ether oxygens (including phenoxy) is 1. The summed E-state index contributed by atoms with van der Waals surface area (Å²) in [6.07, 6.45) is 0. The number of rotatable bonds is 4. The zero-order valence-corrected chi connectivity index (χ0v) is 14.0. The van der Waals surface area contributed by atoms with Crippen LogP contribution in [0.1, 0.15) is 20.8 Å². The molecular formula is C18H14ClN3O3. The predicted octanol–water partition coefficient (Wildman–Crippen LogP) is 3.77. The van der Waals surface area contributed by atoms with Gasteiger partial charge in [-0.1, -0.05) is 23.7 Å². The van der Waals surface area contributed by atoms with Gasteiger partial charge in [0.25, 0.3) is 5.91 Å². The first-order valence-electron chi connectivity index (χ1n) is 7.38. The fourth-order valence-corrected chi connectivity index (χ4v) is 2.43. The van der Waals surface area contributed by atoms with Crippen molar-refractivity contribution in [1.29, 1.82) is 0 Å². The molecule has 0 aliphatic carbocycles. The van der Waals surface area contributed by atoms with Crippen molar-refractivity contribution < 1.29 is 14.3 Å². The molecule has 0 aliphatic rings. The molecule has 0 radical (unpaired) electrons. The number of carbonyl (C=O) groups is 2. The lowest BCUT2D eigenvalue weighted by atomic mass is 10.1. The number of aromatic amines is 1. The summed E-state index contributed by atoms with van der Waals surface area (Å²) in [4.78, 5) is 23.7. The zero-order valence-electron chi connectivity index (χ0n) is 13.2. The molecule has 3 aromatic rings. The second-order valence-electron chi connectivity index (χ2n) is 5.20. The van der Waals surface area contributed by atoms with Gasteiger partial charge in [-0.05, 0) is 42.5 Å². The Labute approximate surface area is 148 Å². The molecule has 0 spiro atoms. The molecule has 7 heteroatoms. The topological polar surface area (TPSA) is 84.1 Å². The minimum absolute atomic E-state index is 0.312. The maximum atomic E-state index is 12.3. The van der Waals surface area contributed by atoms with Gasteiger partial charge in [0, 0.05) is 16.3 Å². The van der Waals surface area contributed by atoms with Crippen LogP contribution in [0.3, 0.4) is 0 Å². The number of nitrogens with zero attached hydrogens (tertiary/aromatic N) is 1. The molecule has 0 bridgehead atoms. The smallest absolute Gasteiger partial charge is 0.337 e. The van der Waals surface area contributed by atoms with Crippen molar-refractivity contribution in [2.24, 2.45) is 0 Å². The second-order valence-corrected chi connectivity index (χ2v) is 5.64. The molecule has 126 valence electrons. The number of amides is 1. The molecule has 1 amide bonds. The number of hydrogen-bond donors (Lipinski definition) is 2. The maximum absolute atomic E-state index is 12.3. The predicted molar refractivity (Wildman–Crippen MR) is 94.8 cm³/mol. The fraction of sp³-hybridized carbons (Fsp3) is 0.0556. The van der Waals surface area contributed by atoms with Gasteiger partial charge in [0.05, 0.1) is 18.4 Å². The average Bonchev–Trinajstić information content (AvgIpc) is 3.12. The van der Waals surface area contributed by atoms with Crippen molar-refractivity contribution in [3.63, 3.8) is 0 Å². The zero-order chi connectivity index (χ0) is 17.8. The minimum Gasteiger partial charge on any atom is -0.465 e. The first kappa shape index (κ1) is 16.7. The summed E-state index contributed by atoms with van der Waals surface area (Å²) in [5.74, 6) is -0.774. The van der Waals surface area contributed by atoms with Crippen molar-refractivity contribution >= 4 is 29.2 Å². The molecule has 0 unspecified atom stereocenters. The van der Waals surface area contributed by atoms with Crippen LogP contribution in [0, 0.1) is 0 Å². The first-order valence-corrected chi connectivity index (χ1v) is 7.75. The number of methoxy groups -OCH3 is 1. The lowest BCUT2D eigenvalue weighted by Gasteiger charge is -2.04. The number of esters is 1. The van der Waals surface area contributed by atoms with E-state index in [9.17, 15) is 9.59 Å². The Morgan fingerprint density at radius 2 is 1.88 bits per heavy atom. The van der Waals surface area contributed by atoms with Crippen molar-refractivity contribution in [1.82, 2.24) is 10.2 Å². The molecule has 2 N–H and O–H groups in total. The SMILES string of the molecule is COC(=O)c1ccc(NC(=O)c2cc(-c3cccc(Cl)c3)n[nH]2)cc1. The van der Waals surface area contributed by atoms with Crippen LogP contribution >= 0.6 is 11.6 Å². The van der Waals surface area contributed by atoms with Crippen LogP contribution in [0.5, 0.6) is 0 Å². The Bertz CT molecular complexity index is 919. The number of hydrogen-bond acceptors (Lipinski definition) is 4. The highest BCUT2D eigenvalue weighted by Gasteiger charge is 2.12. The van der Waals surface area contributed by atoms with Crippen LogP contribution in [0.2, 0.25) is 5.02 Å². The summed E-state index contributed by atoms with van der Waals surface area (Å²) in [6, 6.07) is 15.2. The van der Waals surface area contributed by atoms with Crippen LogP contribution < -0.4 is 5.32 Å². The lowest BCUT2D eigenvalue weighted by Crippen LogP contribution is -2.12. The monoisotopic (exact) mass is 355 g/mol. The number of halogens is 1. The van der Waals surface area contributed by atoms with Crippen LogP contribution in [-0.2, 0) is 4.74 Å². The van der Waals surface area contributed by atoms with Gasteiger partial charge in [0.1, 0.15) is 5.69 Å². The Kier molecular flexibility index (Phi) is 4.81. The molecule has 1 heterocycles. The van der Waals surface area contributed by atoms with Gasteiger partial charge in [-0.2, -0.15) is 5.10 Å². The normalized spacial score (nSPS) is 10.3. The summed E-state index contributed by atoms with van der Waals surface area (Å²) < 4.78 is 4.63.